The van der Waals surface area contributed by atoms with Gasteiger partial charge in [0, 0.05) is 5.57 Å². The van der Waals surface area contributed by atoms with Crippen LogP contribution in [-0.2, 0) is 0 Å². The van der Waals surface area contributed by atoms with Gasteiger partial charge in [-0.3, -0.25) is 0 Å². The lowest BCUT2D eigenvalue weighted by Gasteiger charge is -2.24. The molecular formula is C17H19F2NO. The van der Waals surface area contributed by atoms with E-state index >= 15 is 0 Å². The Kier molecular flexibility index (Phi) is 4.04. The minimum atomic E-state index is -0.854. The fraction of sp³-hybridized carbons (Fsp3) is 0.471. The summed E-state index contributed by atoms with van der Waals surface area (Å²) in [5.74, 6) is -1.22. The van der Waals surface area contributed by atoms with Gasteiger partial charge >= 0.3 is 0 Å². The normalized spacial score (nSPS) is 22.3. The third kappa shape index (κ3) is 2.71. The second-order valence-electron chi connectivity index (χ2n) is 5.91. The van der Waals surface area contributed by atoms with E-state index in [1.54, 1.807) is 6.07 Å². The Morgan fingerprint density at radius 2 is 1.76 bits per heavy atom. The number of benzene rings is 1. The molecule has 0 spiro atoms. The van der Waals surface area contributed by atoms with Crippen molar-refractivity contribution < 1.29 is 14.0 Å². The highest BCUT2D eigenvalue weighted by Gasteiger charge is 2.29. The number of oxime groups is 1. The number of rotatable bonds is 2. The van der Waals surface area contributed by atoms with Crippen LogP contribution in [-0.4, -0.2) is 10.9 Å². The monoisotopic (exact) mass is 291 g/mol. The van der Waals surface area contributed by atoms with Gasteiger partial charge in [-0.25, -0.2) is 8.78 Å². The van der Waals surface area contributed by atoms with Gasteiger partial charge < -0.3 is 5.21 Å². The Hall–Kier alpha value is -1.71. The molecule has 1 aromatic carbocycles. The SMILES string of the molecule is O/N=C1\CCC(C2CCCCC2)=C1c1ccc(F)c(F)c1. The molecule has 3 rings (SSSR count). The van der Waals surface area contributed by atoms with E-state index in [-0.39, 0.29) is 0 Å². The van der Waals surface area contributed by atoms with E-state index in [4.69, 9.17) is 0 Å². The van der Waals surface area contributed by atoms with Crippen LogP contribution >= 0.6 is 0 Å². The molecule has 1 aromatic rings. The Bertz CT molecular complexity index is 601. The minimum Gasteiger partial charge on any atom is -0.411 e. The molecule has 0 atom stereocenters. The number of nitrogens with zero attached hydrogens (tertiary/aromatic N) is 1. The lowest BCUT2D eigenvalue weighted by Crippen LogP contribution is -2.10. The standard InChI is InChI=1S/C17H19F2NO/c18-14-8-6-12(10-15(14)19)17-13(7-9-16(17)20-21)11-4-2-1-3-5-11/h6,8,10-11,21H,1-5,7,9H2/b20-16+. The fourth-order valence-electron chi connectivity index (χ4n) is 3.65. The first-order valence-corrected chi connectivity index (χ1v) is 7.60. The molecular weight excluding hydrogens is 272 g/mol. The van der Waals surface area contributed by atoms with Crippen molar-refractivity contribution in [2.75, 3.05) is 0 Å². The van der Waals surface area contributed by atoms with Gasteiger partial charge in [-0.15, -0.1) is 0 Å². The summed E-state index contributed by atoms with van der Waals surface area (Å²) in [4.78, 5) is 0. The van der Waals surface area contributed by atoms with Crippen LogP contribution in [0, 0.1) is 17.6 Å². The summed E-state index contributed by atoms with van der Waals surface area (Å²) in [5, 5.41) is 12.6. The Labute approximate surface area is 123 Å². The van der Waals surface area contributed by atoms with E-state index < -0.39 is 11.6 Å². The van der Waals surface area contributed by atoms with Crippen LogP contribution in [0.4, 0.5) is 8.78 Å². The summed E-state index contributed by atoms with van der Waals surface area (Å²) in [6.07, 6.45) is 7.51. The molecule has 0 unspecified atom stereocenters. The van der Waals surface area contributed by atoms with E-state index in [0.29, 0.717) is 23.6 Å². The van der Waals surface area contributed by atoms with Gasteiger partial charge in [0.25, 0.3) is 0 Å². The average Bonchev–Trinajstić information content (AvgIpc) is 2.95. The molecule has 0 heterocycles. The van der Waals surface area contributed by atoms with Gasteiger partial charge in [-0.1, -0.05) is 36.1 Å². The van der Waals surface area contributed by atoms with Crippen LogP contribution in [0.15, 0.2) is 28.9 Å². The number of hydrogen-bond donors (Lipinski definition) is 1. The maximum Gasteiger partial charge on any atom is 0.159 e. The van der Waals surface area contributed by atoms with Crippen LogP contribution in [0.2, 0.25) is 0 Å². The number of halogens is 2. The molecule has 2 nitrogen and oxygen atoms in total. The van der Waals surface area contributed by atoms with Gasteiger partial charge in [0.2, 0.25) is 0 Å². The van der Waals surface area contributed by atoms with Crippen molar-refractivity contribution in [3.8, 4) is 0 Å². The highest BCUT2D eigenvalue weighted by atomic mass is 19.2. The van der Waals surface area contributed by atoms with E-state index in [2.05, 4.69) is 5.16 Å². The topological polar surface area (TPSA) is 32.6 Å². The third-order valence-corrected chi connectivity index (χ3v) is 4.67. The van der Waals surface area contributed by atoms with E-state index in [1.807, 2.05) is 0 Å². The van der Waals surface area contributed by atoms with Crippen LogP contribution < -0.4 is 0 Å². The molecule has 0 bridgehead atoms. The molecule has 0 aliphatic heterocycles. The molecule has 0 aromatic heterocycles. The zero-order valence-electron chi connectivity index (χ0n) is 11.9. The molecule has 0 radical (unpaired) electrons. The molecule has 21 heavy (non-hydrogen) atoms. The number of allylic oxidation sites excluding steroid dienone is 2. The summed E-state index contributed by atoms with van der Waals surface area (Å²) in [5.41, 5.74) is 3.32. The maximum atomic E-state index is 13.5. The van der Waals surface area contributed by atoms with Crippen molar-refractivity contribution in [1.29, 1.82) is 0 Å². The second-order valence-corrected chi connectivity index (χ2v) is 5.91. The van der Waals surface area contributed by atoms with Gasteiger partial charge in [-0.05, 0) is 49.3 Å². The van der Waals surface area contributed by atoms with Crippen molar-refractivity contribution in [2.45, 2.75) is 44.9 Å². The predicted octanol–water partition coefficient (Wildman–Crippen LogP) is 4.92. The molecule has 0 saturated heterocycles. The summed E-state index contributed by atoms with van der Waals surface area (Å²) in [6, 6.07) is 3.93. The predicted molar refractivity (Wildman–Crippen MR) is 78.3 cm³/mol. The van der Waals surface area contributed by atoms with Crippen molar-refractivity contribution in [2.24, 2.45) is 11.1 Å². The minimum absolute atomic E-state index is 0.487. The summed E-state index contributed by atoms with van der Waals surface area (Å²) < 4.78 is 26.7. The van der Waals surface area contributed by atoms with Crippen molar-refractivity contribution >= 4 is 11.3 Å². The average molecular weight is 291 g/mol. The van der Waals surface area contributed by atoms with E-state index in [1.165, 1.54) is 30.9 Å². The quantitative estimate of drug-likeness (QED) is 0.608. The van der Waals surface area contributed by atoms with Crippen molar-refractivity contribution in [3.05, 3.63) is 41.0 Å². The highest BCUT2D eigenvalue weighted by molar-refractivity contribution is 6.26. The Morgan fingerprint density at radius 3 is 2.43 bits per heavy atom. The molecule has 1 fully saturated rings. The van der Waals surface area contributed by atoms with Crippen LogP contribution in [0.1, 0.15) is 50.5 Å². The molecule has 0 amide bonds. The molecule has 1 N–H and O–H groups in total. The first-order chi connectivity index (χ1) is 10.2. The molecule has 2 aliphatic carbocycles. The maximum absolute atomic E-state index is 13.5. The van der Waals surface area contributed by atoms with E-state index in [0.717, 1.165) is 30.9 Å². The third-order valence-electron chi connectivity index (χ3n) is 4.67. The first-order valence-electron chi connectivity index (χ1n) is 7.60. The summed E-state index contributed by atoms with van der Waals surface area (Å²) in [6.45, 7) is 0. The first kappa shape index (κ1) is 14.2. The van der Waals surface area contributed by atoms with Crippen molar-refractivity contribution in [1.82, 2.24) is 0 Å². The Morgan fingerprint density at radius 1 is 1.00 bits per heavy atom. The Balaban J connectivity index is 2.05. The fourth-order valence-corrected chi connectivity index (χ4v) is 3.65. The molecule has 4 heteroatoms. The zero-order valence-corrected chi connectivity index (χ0v) is 11.9. The van der Waals surface area contributed by atoms with Crippen LogP contribution in [0.25, 0.3) is 5.57 Å². The zero-order chi connectivity index (χ0) is 14.8. The summed E-state index contributed by atoms with van der Waals surface area (Å²) >= 11 is 0. The second kappa shape index (κ2) is 5.96. The number of hydrogen-bond acceptors (Lipinski definition) is 2. The summed E-state index contributed by atoms with van der Waals surface area (Å²) in [7, 11) is 0. The van der Waals surface area contributed by atoms with Gasteiger partial charge in [-0.2, -0.15) is 0 Å². The largest absolute Gasteiger partial charge is 0.411 e. The lowest BCUT2D eigenvalue weighted by atomic mass is 9.81. The van der Waals surface area contributed by atoms with Crippen LogP contribution in [0.5, 0.6) is 0 Å². The highest BCUT2D eigenvalue weighted by Crippen LogP contribution is 2.41. The van der Waals surface area contributed by atoms with Gasteiger partial charge in [0.05, 0.1) is 5.71 Å². The molecule has 112 valence electrons. The van der Waals surface area contributed by atoms with Gasteiger partial charge in [0.15, 0.2) is 11.6 Å². The van der Waals surface area contributed by atoms with E-state index in [9.17, 15) is 14.0 Å². The smallest absolute Gasteiger partial charge is 0.159 e. The van der Waals surface area contributed by atoms with Crippen molar-refractivity contribution in [3.63, 3.8) is 0 Å². The molecule has 1 saturated carbocycles. The molecule has 2 aliphatic rings. The van der Waals surface area contributed by atoms with Crippen LogP contribution in [0.3, 0.4) is 0 Å². The van der Waals surface area contributed by atoms with Gasteiger partial charge in [0.1, 0.15) is 0 Å². The lowest BCUT2D eigenvalue weighted by molar-refractivity contribution is 0.319.